The highest BCUT2D eigenvalue weighted by Crippen LogP contribution is 2.36. The van der Waals surface area contributed by atoms with Gasteiger partial charge in [-0.15, -0.1) is 11.3 Å². The van der Waals surface area contributed by atoms with E-state index < -0.39 is 0 Å². The number of ether oxygens (including phenoxy) is 2. The first-order chi connectivity index (χ1) is 12.7. The van der Waals surface area contributed by atoms with Gasteiger partial charge in [-0.2, -0.15) is 0 Å². The molecule has 7 heteroatoms. The molecule has 2 heterocycles. The first-order valence-corrected chi connectivity index (χ1v) is 8.95. The van der Waals surface area contributed by atoms with Crippen LogP contribution >= 0.6 is 11.3 Å². The molecule has 0 aliphatic rings. The fourth-order valence-corrected chi connectivity index (χ4v) is 3.79. The lowest BCUT2D eigenvalue weighted by atomic mass is 10.1. The fraction of sp³-hybridized carbons (Fsp3) is 0.211. The van der Waals surface area contributed by atoms with E-state index >= 15 is 0 Å². The van der Waals surface area contributed by atoms with Crippen LogP contribution in [0.4, 0.5) is 0 Å². The Balaban J connectivity index is 1.84. The monoisotopic (exact) mass is 367 g/mol. The van der Waals surface area contributed by atoms with Crippen molar-refractivity contribution in [1.82, 2.24) is 15.0 Å². The first-order valence-electron chi connectivity index (χ1n) is 8.14. The lowest BCUT2D eigenvalue weighted by Gasteiger charge is -2.06. The quantitative estimate of drug-likeness (QED) is 0.581. The molecule has 2 aromatic heterocycles. The highest BCUT2D eigenvalue weighted by molar-refractivity contribution is 7.21. The molecule has 4 aromatic rings. The third-order valence-corrected chi connectivity index (χ3v) is 4.98. The first kappa shape index (κ1) is 16.7. The molecule has 4 rings (SSSR count). The van der Waals surface area contributed by atoms with Gasteiger partial charge in [0.05, 0.1) is 41.2 Å². The maximum Gasteiger partial charge on any atom is 0.232 e. The summed E-state index contributed by atoms with van der Waals surface area (Å²) in [6.07, 6.45) is 1.62. The van der Waals surface area contributed by atoms with Crippen molar-refractivity contribution < 1.29 is 14.6 Å². The summed E-state index contributed by atoms with van der Waals surface area (Å²) in [5.74, 6) is 1.21. The van der Waals surface area contributed by atoms with E-state index in [0.29, 0.717) is 5.88 Å². The molecule has 1 N–H and O–H groups in total. The Kier molecular flexibility index (Phi) is 4.40. The van der Waals surface area contributed by atoms with E-state index in [-0.39, 0.29) is 13.2 Å². The van der Waals surface area contributed by atoms with Crippen LogP contribution < -0.4 is 9.47 Å². The zero-order valence-corrected chi connectivity index (χ0v) is 15.2. The number of benzene rings is 2. The van der Waals surface area contributed by atoms with Crippen LogP contribution in [0.3, 0.4) is 0 Å². The Morgan fingerprint density at radius 3 is 2.81 bits per heavy atom. The highest BCUT2D eigenvalue weighted by atomic mass is 32.1. The van der Waals surface area contributed by atoms with Gasteiger partial charge in [0.1, 0.15) is 17.4 Å². The number of fused-ring (bicyclic) bond motifs is 2. The number of hydrogen-bond acceptors (Lipinski definition) is 7. The molecule has 6 nitrogen and oxygen atoms in total. The van der Waals surface area contributed by atoms with Crippen molar-refractivity contribution in [2.75, 3.05) is 20.3 Å². The van der Waals surface area contributed by atoms with Gasteiger partial charge < -0.3 is 14.6 Å². The summed E-state index contributed by atoms with van der Waals surface area (Å²) in [6.45, 7) is 2.29. The number of aliphatic hydroxyl groups excluding tert-OH is 1. The van der Waals surface area contributed by atoms with Crippen molar-refractivity contribution in [3.63, 3.8) is 0 Å². The van der Waals surface area contributed by atoms with Crippen molar-refractivity contribution in [2.24, 2.45) is 0 Å². The van der Waals surface area contributed by atoms with E-state index in [2.05, 4.69) is 16.0 Å². The van der Waals surface area contributed by atoms with Crippen molar-refractivity contribution in [2.45, 2.75) is 6.92 Å². The maximum atomic E-state index is 8.90. The Hall–Kier alpha value is -2.77. The number of methoxy groups -OCH3 is 1. The summed E-state index contributed by atoms with van der Waals surface area (Å²) in [6, 6.07) is 9.79. The molecule has 26 heavy (non-hydrogen) atoms. The van der Waals surface area contributed by atoms with Gasteiger partial charge in [0.2, 0.25) is 5.88 Å². The summed E-state index contributed by atoms with van der Waals surface area (Å²) in [7, 11) is 1.58. The molecule has 0 saturated carbocycles. The van der Waals surface area contributed by atoms with Crippen molar-refractivity contribution in [3.05, 3.63) is 42.1 Å². The normalized spacial score (nSPS) is 11.2. The summed E-state index contributed by atoms with van der Waals surface area (Å²) < 4.78 is 11.7. The maximum absolute atomic E-state index is 8.90. The van der Waals surface area contributed by atoms with Gasteiger partial charge in [-0.1, -0.05) is 0 Å². The molecule has 0 atom stereocenters. The van der Waals surface area contributed by atoms with Crippen LogP contribution in [0.25, 0.3) is 31.8 Å². The van der Waals surface area contributed by atoms with E-state index in [4.69, 9.17) is 19.6 Å². The molecule has 0 radical (unpaired) electrons. The largest absolute Gasteiger partial charge is 0.491 e. The predicted molar refractivity (Wildman–Crippen MR) is 102 cm³/mol. The molecule has 0 aliphatic carbocycles. The van der Waals surface area contributed by atoms with Crippen molar-refractivity contribution in [3.8, 4) is 22.2 Å². The van der Waals surface area contributed by atoms with E-state index in [0.717, 1.165) is 43.1 Å². The third kappa shape index (κ3) is 3.07. The van der Waals surface area contributed by atoms with Crippen LogP contribution in [0.2, 0.25) is 0 Å². The van der Waals surface area contributed by atoms with Gasteiger partial charge in [0.25, 0.3) is 0 Å². The topological polar surface area (TPSA) is 77.4 Å². The van der Waals surface area contributed by atoms with E-state index in [1.165, 1.54) is 0 Å². The Morgan fingerprint density at radius 2 is 2.00 bits per heavy atom. The Bertz CT molecular complexity index is 1090. The number of aryl methyl sites for hydroxylation is 1. The van der Waals surface area contributed by atoms with Crippen LogP contribution in [0.15, 0.2) is 36.5 Å². The van der Waals surface area contributed by atoms with Gasteiger partial charge in [0, 0.05) is 5.56 Å². The zero-order chi connectivity index (χ0) is 18.1. The minimum absolute atomic E-state index is 0.0105. The molecule has 0 amide bonds. The van der Waals surface area contributed by atoms with Crippen molar-refractivity contribution in [1.29, 1.82) is 0 Å². The van der Waals surface area contributed by atoms with Crippen LogP contribution in [0.5, 0.6) is 11.6 Å². The minimum atomic E-state index is -0.0105. The summed E-state index contributed by atoms with van der Waals surface area (Å²) in [5, 5.41) is 9.78. The average molecular weight is 367 g/mol. The molecule has 0 unspecified atom stereocenters. The predicted octanol–water partition coefficient (Wildman–Crippen LogP) is 3.59. The molecule has 0 spiro atoms. The van der Waals surface area contributed by atoms with Gasteiger partial charge >= 0.3 is 0 Å². The number of thiazole rings is 1. The van der Waals surface area contributed by atoms with Gasteiger partial charge in [-0.25, -0.2) is 15.0 Å². The zero-order valence-electron chi connectivity index (χ0n) is 14.4. The summed E-state index contributed by atoms with van der Waals surface area (Å²) >= 11 is 1.58. The number of rotatable bonds is 5. The molecule has 0 bridgehead atoms. The lowest BCUT2D eigenvalue weighted by molar-refractivity contribution is 0.201. The Morgan fingerprint density at radius 1 is 1.12 bits per heavy atom. The summed E-state index contributed by atoms with van der Waals surface area (Å²) in [5.41, 5.74) is 4.52. The number of aliphatic hydroxyl groups is 1. The van der Waals surface area contributed by atoms with E-state index in [1.807, 2.05) is 31.2 Å². The molecule has 132 valence electrons. The second kappa shape index (κ2) is 6.86. The fourth-order valence-electron chi connectivity index (χ4n) is 2.78. The number of aromatic nitrogens is 3. The summed E-state index contributed by atoms with van der Waals surface area (Å²) in [4.78, 5) is 13.8. The van der Waals surface area contributed by atoms with Crippen LogP contribution in [0.1, 0.15) is 5.56 Å². The van der Waals surface area contributed by atoms with Crippen LogP contribution in [0, 0.1) is 6.92 Å². The Labute approximate surface area is 154 Å². The molecule has 2 aromatic carbocycles. The van der Waals surface area contributed by atoms with Crippen LogP contribution in [-0.4, -0.2) is 40.4 Å². The number of nitrogens with zero attached hydrogens (tertiary/aromatic N) is 3. The highest BCUT2D eigenvalue weighted by Gasteiger charge is 2.13. The van der Waals surface area contributed by atoms with Gasteiger partial charge in [-0.05, 0) is 42.8 Å². The third-order valence-electron chi connectivity index (χ3n) is 3.93. The smallest absolute Gasteiger partial charge is 0.232 e. The molecular weight excluding hydrogens is 350 g/mol. The van der Waals surface area contributed by atoms with E-state index in [9.17, 15) is 0 Å². The minimum Gasteiger partial charge on any atom is -0.491 e. The SMILES string of the molecule is COc1cnc2c(-c3nc4ccc(OCCO)cc4s3)cc(C)cc2n1. The van der Waals surface area contributed by atoms with Gasteiger partial charge in [-0.3, -0.25) is 0 Å². The van der Waals surface area contributed by atoms with Crippen molar-refractivity contribution >= 4 is 32.6 Å². The standard InChI is InChI=1S/C19H17N3O3S/c1-11-7-13(18-15(8-11)21-17(24-2)10-20-18)19-22-14-4-3-12(25-6-5-23)9-16(14)26-19/h3-4,7-10,23H,5-6H2,1-2H3. The second-order valence-electron chi connectivity index (χ2n) is 5.81. The molecule has 0 aliphatic heterocycles. The van der Waals surface area contributed by atoms with Gasteiger partial charge in [0.15, 0.2) is 0 Å². The van der Waals surface area contributed by atoms with Crippen LogP contribution in [-0.2, 0) is 0 Å². The number of hydrogen-bond donors (Lipinski definition) is 1. The average Bonchev–Trinajstić information content (AvgIpc) is 3.08. The second-order valence-corrected chi connectivity index (χ2v) is 6.84. The molecular formula is C19H17N3O3S. The molecule has 0 saturated heterocycles. The molecule has 0 fully saturated rings. The lowest BCUT2D eigenvalue weighted by Crippen LogP contribution is -2.00. The van der Waals surface area contributed by atoms with E-state index in [1.54, 1.807) is 24.6 Å².